The molecule has 0 aromatic carbocycles. The number of hydrogen-bond acceptors (Lipinski definition) is 3. The Balaban J connectivity index is 3.02. The van der Waals surface area contributed by atoms with E-state index in [1.807, 2.05) is 19.9 Å². The summed E-state index contributed by atoms with van der Waals surface area (Å²) in [7, 11) is 0. The summed E-state index contributed by atoms with van der Waals surface area (Å²) in [4.78, 5) is 0. The molecular weight excluding hydrogens is 202 g/mol. The molecule has 1 aromatic rings. The van der Waals surface area contributed by atoms with Gasteiger partial charge in [-0.1, -0.05) is 19.1 Å². The molecule has 0 fully saturated rings. The lowest BCUT2D eigenvalue weighted by Crippen LogP contribution is -2.13. The first-order chi connectivity index (χ1) is 7.06. The van der Waals surface area contributed by atoms with E-state index in [1.165, 1.54) is 4.68 Å². The number of nitrogens with zero attached hydrogens (tertiary/aromatic N) is 4. The van der Waals surface area contributed by atoms with Crippen molar-refractivity contribution in [3.63, 3.8) is 0 Å². The molecule has 0 amide bonds. The van der Waals surface area contributed by atoms with E-state index in [4.69, 9.17) is 5.26 Å². The van der Waals surface area contributed by atoms with Gasteiger partial charge in [-0.25, -0.2) is 13.5 Å². The molecule has 1 rings (SSSR count). The van der Waals surface area contributed by atoms with Gasteiger partial charge in [-0.2, -0.15) is 5.26 Å². The van der Waals surface area contributed by atoms with Gasteiger partial charge >= 0.3 is 0 Å². The summed E-state index contributed by atoms with van der Waals surface area (Å²) in [5.74, 6) is 0.0297. The van der Waals surface area contributed by atoms with E-state index < -0.39 is 13.0 Å². The van der Waals surface area contributed by atoms with Crippen LogP contribution in [0.1, 0.15) is 31.2 Å². The normalized spacial score (nSPS) is 11.0. The largest absolute Gasteiger partial charge is 0.257 e. The molecule has 1 aromatic heterocycles. The molecule has 0 saturated carbocycles. The molecular formula is C9H12F2N4. The van der Waals surface area contributed by atoms with Crippen LogP contribution in [0.3, 0.4) is 0 Å². The highest BCUT2D eigenvalue weighted by Crippen LogP contribution is 2.18. The van der Waals surface area contributed by atoms with Gasteiger partial charge in [0.05, 0.1) is 18.2 Å². The molecule has 0 N–H and O–H groups in total. The van der Waals surface area contributed by atoms with Crippen LogP contribution in [-0.4, -0.2) is 21.4 Å². The molecule has 0 radical (unpaired) electrons. The first kappa shape index (κ1) is 11.6. The minimum Gasteiger partial charge on any atom is -0.243 e. The number of halogens is 2. The quantitative estimate of drug-likeness (QED) is 0.767. The molecule has 0 atom stereocenters. The third-order valence-corrected chi connectivity index (χ3v) is 1.95. The zero-order chi connectivity index (χ0) is 11.4. The van der Waals surface area contributed by atoms with Crippen molar-refractivity contribution in [2.24, 2.45) is 0 Å². The zero-order valence-electron chi connectivity index (χ0n) is 8.61. The fourth-order valence-corrected chi connectivity index (χ4v) is 1.45. The summed E-state index contributed by atoms with van der Waals surface area (Å²) >= 11 is 0. The highest BCUT2D eigenvalue weighted by atomic mass is 19.3. The second-order valence-electron chi connectivity index (χ2n) is 3.48. The van der Waals surface area contributed by atoms with Crippen LogP contribution in [0.5, 0.6) is 0 Å². The van der Waals surface area contributed by atoms with Crippen molar-refractivity contribution < 1.29 is 8.78 Å². The van der Waals surface area contributed by atoms with E-state index in [-0.39, 0.29) is 12.3 Å². The Bertz CT molecular complexity index is 365. The van der Waals surface area contributed by atoms with Gasteiger partial charge in [-0.15, -0.1) is 5.10 Å². The Morgan fingerprint density at radius 2 is 2.13 bits per heavy atom. The molecule has 6 heteroatoms. The first-order valence-corrected chi connectivity index (χ1v) is 4.63. The van der Waals surface area contributed by atoms with E-state index in [2.05, 4.69) is 10.3 Å². The summed E-state index contributed by atoms with van der Waals surface area (Å²) in [6.07, 6.45) is -2.35. The molecule has 0 aliphatic heterocycles. The van der Waals surface area contributed by atoms with E-state index in [0.29, 0.717) is 11.4 Å². The van der Waals surface area contributed by atoms with Crippen LogP contribution in [0.15, 0.2) is 0 Å². The molecule has 0 unspecified atom stereocenters. The summed E-state index contributed by atoms with van der Waals surface area (Å²) in [6, 6.07) is 1.94. The Morgan fingerprint density at radius 1 is 1.47 bits per heavy atom. The van der Waals surface area contributed by atoms with Crippen LogP contribution in [0, 0.1) is 11.3 Å². The highest BCUT2D eigenvalue weighted by molar-refractivity contribution is 5.17. The van der Waals surface area contributed by atoms with Gasteiger partial charge in [-0.05, 0) is 5.92 Å². The fourth-order valence-electron chi connectivity index (χ4n) is 1.45. The van der Waals surface area contributed by atoms with E-state index >= 15 is 0 Å². The smallest absolute Gasteiger partial charge is 0.243 e. The molecule has 0 aliphatic rings. The van der Waals surface area contributed by atoms with Crippen molar-refractivity contribution in [1.82, 2.24) is 15.0 Å². The van der Waals surface area contributed by atoms with Gasteiger partial charge in [-0.3, -0.25) is 0 Å². The van der Waals surface area contributed by atoms with E-state index in [1.54, 1.807) is 0 Å². The van der Waals surface area contributed by atoms with Gasteiger partial charge in [0.1, 0.15) is 12.2 Å². The van der Waals surface area contributed by atoms with Crippen molar-refractivity contribution in [2.75, 3.05) is 0 Å². The second-order valence-corrected chi connectivity index (χ2v) is 3.48. The third kappa shape index (κ3) is 2.72. The standard InChI is InChI=1S/C9H12F2N4/c1-6(2)9-7(3-4-12)13-14-15(9)5-8(10)11/h6,8H,3,5H2,1-2H3. The summed E-state index contributed by atoms with van der Waals surface area (Å²) in [5, 5.41) is 15.9. The van der Waals surface area contributed by atoms with Gasteiger partial charge in [0.15, 0.2) is 0 Å². The van der Waals surface area contributed by atoms with Crippen molar-refractivity contribution in [2.45, 2.75) is 39.2 Å². The SMILES string of the molecule is CC(C)c1c(CC#N)nnn1CC(F)F. The number of hydrogen-bond donors (Lipinski definition) is 0. The molecule has 4 nitrogen and oxygen atoms in total. The predicted molar refractivity (Wildman–Crippen MR) is 49.4 cm³/mol. The minimum atomic E-state index is -2.46. The average Bonchev–Trinajstić information content (AvgIpc) is 2.47. The Kier molecular flexibility index (Phi) is 3.72. The van der Waals surface area contributed by atoms with Gasteiger partial charge in [0, 0.05) is 0 Å². The van der Waals surface area contributed by atoms with Crippen molar-refractivity contribution in [1.29, 1.82) is 5.26 Å². The predicted octanol–water partition coefficient (Wildman–Crippen LogP) is 1.73. The first-order valence-electron chi connectivity index (χ1n) is 4.63. The lowest BCUT2D eigenvalue weighted by molar-refractivity contribution is 0.119. The summed E-state index contributed by atoms with van der Waals surface area (Å²) in [5.41, 5.74) is 1.12. The topological polar surface area (TPSA) is 54.5 Å². The van der Waals surface area contributed by atoms with E-state index in [0.717, 1.165) is 0 Å². The van der Waals surface area contributed by atoms with E-state index in [9.17, 15) is 8.78 Å². The minimum absolute atomic E-state index is 0.0297. The van der Waals surface area contributed by atoms with Crippen molar-refractivity contribution in [3.8, 4) is 6.07 Å². The zero-order valence-corrected chi connectivity index (χ0v) is 8.61. The van der Waals surface area contributed by atoms with Crippen molar-refractivity contribution in [3.05, 3.63) is 11.4 Å². The van der Waals surface area contributed by atoms with Gasteiger partial charge < -0.3 is 0 Å². The number of aromatic nitrogens is 3. The maximum atomic E-state index is 12.2. The van der Waals surface area contributed by atoms with Crippen LogP contribution >= 0.6 is 0 Å². The molecule has 0 spiro atoms. The summed E-state index contributed by atoms with van der Waals surface area (Å²) in [6.45, 7) is 3.26. The highest BCUT2D eigenvalue weighted by Gasteiger charge is 2.18. The van der Waals surface area contributed by atoms with Crippen LogP contribution in [-0.2, 0) is 13.0 Å². The number of nitriles is 1. The molecule has 0 saturated heterocycles. The number of rotatable bonds is 4. The lowest BCUT2D eigenvalue weighted by Gasteiger charge is -2.09. The maximum absolute atomic E-state index is 12.2. The molecule has 82 valence electrons. The monoisotopic (exact) mass is 214 g/mol. The van der Waals surface area contributed by atoms with Crippen LogP contribution < -0.4 is 0 Å². The maximum Gasteiger partial charge on any atom is 0.257 e. The second kappa shape index (κ2) is 4.82. The molecule has 0 aliphatic carbocycles. The fraction of sp³-hybridized carbons (Fsp3) is 0.667. The van der Waals surface area contributed by atoms with Gasteiger partial charge in [0.25, 0.3) is 6.43 Å². The third-order valence-electron chi connectivity index (χ3n) is 1.95. The molecule has 15 heavy (non-hydrogen) atoms. The lowest BCUT2D eigenvalue weighted by atomic mass is 10.1. The molecule has 0 bridgehead atoms. The summed E-state index contributed by atoms with van der Waals surface area (Å²) < 4.78 is 25.6. The van der Waals surface area contributed by atoms with Crippen molar-refractivity contribution >= 4 is 0 Å². The Labute approximate surface area is 86.5 Å². The average molecular weight is 214 g/mol. The van der Waals surface area contributed by atoms with Crippen LogP contribution in [0.2, 0.25) is 0 Å². The Hall–Kier alpha value is -1.51. The Morgan fingerprint density at radius 3 is 2.60 bits per heavy atom. The van der Waals surface area contributed by atoms with Gasteiger partial charge in [0.2, 0.25) is 0 Å². The molecule has 1 heterocycles. The number of alkyl halides is 2. The van der Waals surface area contributed by atoms with Crippen LogP contribution in [0.25, 0.3) is 0 Å². The van der Waals surface area contributed by atoms with Crippen LogP contribution in [0.4, 0.5) is 8.78 Å².